The summed E-state index contributed by atoms with van der Waals surface area (Å²) in [5.41, 5.74) is -0.173. The molecule has 0 unspecified atom stereocenters. The monoisotopic (exact) mass is 239 g/mol. The molecule has 1 aromatic heterocycles. The highest BCUT2D eigenvalue weighted by atomic mass is 35.5. The first-order chi connectivity index (χ1) is 7.43. The van der Waals surface area contributed by atoms with Crippen molar-refractivity contribution in [3.8, 4) is 0 Å². The Labute approximate surface area is 96.8 Å². The van der Waals surface area contributed by atoms with Gasteiger partial charge in [-0.05, 0) is 26.0 Å². The van der Waals surface area contributed by atoms with Gasteiger partial charge >= 0.3 is 5.97 Å². The van der Waals surface area contributed by atoms with Crippen LogP contribution in [0.15, 0.2) is 22.6 Å². The number of halogens is 1. The molecule has 0 aliphatic heterocycles. The minimum absolute atomic E-state index is 0.156. The molecule has 0 saturated carbocycles. The highest BCUT2D eigenvalue weighted by Gasteiger charge is 2.35. The molecule has 16 heavy (non-hydrogen) atoms. The first kappa shape index (κ1) is 11.0. The normalized spacial score (nSPS) is 11.9. The second kappa shape index (κ2) is 3.49. The number of oxazole rings is 1. The van der Waals surface area contributed by atoms with Crippen molar-refractivity contribution in [1.29, 1.82) is 0 Å². The Morgan fingerprint density at radius 1 is 1.50 bits per heavy atom. The van der Waals surface area contributed by atoms with Crippen molar-refractivity contribution >= 4 is 28.7 Å². The lowest BCUT2D eigenvalue weighted by Crippen LogP contribution is -2.28. The average Bonchev–Trinajstić information content (AvgIpc) is 2.63. The van der Waals surface area contributed by atoms with Crippen molar-refractivity contribution in [2.24, 2.45) is 0 Å². The zero-order valence-corrected chi connectivity index (χ0v) is 9.58. The van der Waals surface area contributed by atoms with Crippen molar-refractivity contribution in [3.63, 3.8) is 0 Å². The fourth-order valence-electron chi connectivity index (χ4n) is 1.27. The van der Waals surface area contributed by atoms with E-state index in [1.54, 1.807) is 18.2 Å². The summed E-state index contributed by atoms with van der Waals surface area (Å²) in [6.07, 6.45) is 0. The number of carboxylic acids is 1. The van der Waals surface area contributed by atoms with Crippen LogP contribution in [0.2, 0.25) is 5.02 Å². The SMILES string of the molecule is CC(C)(C(=O)O)c1nc2cccc(Cl)c2o1. The number of carbonyl (C=O) groups is 1. The third kappa shape index (κ3) is 1.55. The summed E-state index contributed by atoms with van der Waals surface area (Å²) in [6.45, 7) is 3.07. The first-order valence-electron chi connectivity index (χ1n) is 4.72. The molecule has 84 valence electrons. The van der Waals surface area contributed by atoms with E-state index in [4.69, 9.17) is 21.1 Å². The van der Waals surface area contributed by atoms with E-state index in [0.29, 0.717) is 16.1 Å². The van der Waals surface area contributed by atoms with Gasteiger partial charge in [-0.25, -0.2) is 4.98 Å². The van der Waals surface area contributed by atoms with Gasteiger partial charge in [0.2, 0.25) is 5.89 Å². The minimum atomic E-state index is -1.16. The van der Waals surface area contributed by atoms with Gasteiger partial charge in [0.05, 0.1) is 5.02 Å². The van der Waals surface area contributed by atoms with Gasteiger partial charge in [0.15, 0.2) is 5.58 Å². The summed E-state index contributed by atoms with van der Waals surface area (Å²) in [5, 5.41) is 9.48. The molecule has 2 aromatic rings. The number of aliphatic carboxylic acids is 1. The molecule has 1 N–H and O–H groups in total. The average molecular weight is 240 g/mol. The third-order valence-electron chi connectivity index (χ3n) is 2.44. The maximum Gasteiger partial charge on any atom is 0.318 e. The molecule has 0 aliphatic carbocycles. The van der Waals surface area contributed by atoms with Crippen LogP contribution in [0, 0.1) is 0 Å². The van der Waals surface area contributed by atoms with Crippen LogP contribution in [0.5, 0.6) is 0 Å². The van der Waals surface area contributed by atoms with Gasteiger partial charge < -0.3 is 9.52 Å². The van der Waals surface area contributed by atoms with Crippen LogP contribution in [0.3, 0.4) is 0 Å². The molecule has 0 aliphatic rings. The highest BCUT2D eigenvalue weighted by Crippen LogP contribution is 2.30. The quantitative estimate of drug-likeness (QED) is 0.875. The van der Waals surface area contributed by atoms with E-state index in [9.17, 15) is 4.79 Å². The molecular formula is C11H10ClNO3. The maximum atomic E-state index is 11.1. The van der Waals surface area contributed by atoms with Crippen LogP contribution in [0.4, 0.5) is 0 Å². The van der Waals surface area contributed by atoms with Crippen LogP contribution in [0.1, 0.15) is 19.7 Å². The van der Waals surface area contributed by atoms with Crippen LogP contribution in [-0.2, 0) is 10.2 Å². The van der Waals surface area contributed by atoms with E-state index < -0.39 is 11.4 Å². The molecule has 0 spiro atoms. The standard InChI is InChI=1S/C11H10ClNO3/c1-11(2,10(14)15)9-13-7-5-3-4-6(12)8(7)16-9/h3-5H,1-2H3,(H,14,15). The number of hydrogen-bond donors (Lipinski definition) is 1. The van der Waals surface area contributed by atoms with Gasteiger partial charge in [0, 0.05) is 0 Å². The molecule has 0 radical (unpaired) electrons. The Balaban J connectivity index is 2.64. The largest absolute Gasteiger partial charge is 0.480 e. The Kier molecular flexibility index (Phi) is 2.39. The van der Waals surface area contributed by atoms with Gasteiger partial charge in [-0.1, -0.05) is 17.7 Å². The predicted octanol–water partition coefficient (Wildman–Crippen LogP) is 2.84. The highest BCUT2D eigenvalue weighted by molar-refractivity contribution is 6.34. The van der Waals surface area contributed by atoms with E-state index in [0.717, 1.165) is 0 Å². The smallest absolute Gasteiger partial charge is 0.318 e. The Morgan fingerprint density at radius 3 is 2.75 bits per heavy atom. The third-order valence-corrected chi connectivity index (χ3v) is 2.73. The number of carboxylic acid groups (broad SMARTS) is 1. The lowest BCUT2D eigenvalue weighted by atomic mass is 9.94. The zero-order valence-electron chi connectivity index (χ0n) is 8.82. The van der Waals surface area contributed by atoms with Crippen LogP contribution in [-0.4, -0.2) is 16.1 Å². The lowest BCUT2D eigenvalue weighted by molar-refractivity contribution is -0.143. The van der Waals surface area contributed by atoms with Crippen LogP contribution < -0.4 is 0 Å². The predicted molar refractivity (Wildman–Crippen MR) is 59.7 cm³/mol. The molecule has 1 heterocycles. The first-order valence-corrected chi connectivity index (χ1v) is 5.09. The lowest BCUT2D eigenvalue weighted by Gasteiger charge is -2.13. The summed E-state index contributed by atoms with van der Waals surface area (Å²) in [6, 6.07) is 5.14. The van der Waals surface area contributed by atoms with Crippen molar-refractivity contribution in [2.75, 3.05) is 0 Å². The number of nitrogens with zero attached hydrogens (tertiary/aromatic N) is 1. The van der Waals surface area contributed by atoms with E-state index in [1.807, 2.05) is 0 Å². The molecule has 0 saturated heterocycles. The molecular weight excluding hydrogens is 230 g/mol. The van der Waals surface area contributed by atoms with Crippen molar-refractivity contribution < 1.29 is 14.3 Å². The summed E-state index contributed by atoms with van der Waals surface area (Å²) in [7, 11) is 0. The number of fused-ring (bicyclic) bond motifs is 1. The molecule has 2 rings (SSSR count). The summed E-state index contributed by atoms with van der Waals surface area (Å²) in [5.74, 6) is -0.835. The van der Waals surface area contributed by atoms with E-state index >= 15 is 0 Å². The van der Waals surface area contributed by atoms with E-state index in [2.05, 4.69) is 4.98 Å². The molecule has 0 fully saturated rings. The number of aromatic nitrogens is 1. The fraction of sp³-hybridized carbons (Fsp3) is 0.273. The Morgan fingerprint density at radius 2 is 2.19 bits per heavy atom. The second-order valence-corrected chi connectivity index (χ2v) is 4.44. The van der Waals surface area contributed by atoms with Crippen LogP contribution >= 0.6 is 11.6 Å². The maximum absolute atomic E-state index is 11.1. The van der Waals surface area contributed by atoms with Crippen LogP contribution in [0.25, 0.3) is 11.1 Å². The zero-order chi connectivity index (χ0) is 11.9. The number of hydrogen-bond acceptors (Lipinski definition) is 3. The molecule has 0 bridgehead atoms. The van der Waals surface area contributed by atoms with Gasteiger partial charge in [0.1, 0.15) is 10.9 Å². The Bertz CT molecular complexity index is 559. The van der Waals surface area contributed by atoms with Gasteiger partial charge in [-0.3, -0.25) is 4.79 Å². The molecule has 5 heteroatoms. The minimum Gasteiger partial charge on any atom is -0.480 e. The van der Waals surface area contributed by atoms with Crippen molar-refractivity contribution in [1.82, 2.24) is 4.98 Å². The Hall–Kier alpha value is -1.55. The topological polar surface area (TPSA) is 63.3 Å². The number of para-hydroxylation sites is 1. The van der Waals surface area contributed by atoms with Crippen molar-refractivity contribution in [3.05, 3.63) is 29.1 Å². The molecule has 4 nitrogen and oxygen atoms in total. The van der Waals surface area contributed by atoms with E-state index in [-0.39, 0.29) is 5.89 Å². The summed E-state index contributed by atoms with van der Waals surface area (Å²) < 4.78 is 5.40. The molecule has 0 atom stereocenters. The number of rotatable bonds is 2. The van der Waals surface area contributed by atoms with E-state index in [1.165, 1.54) is 13.8 Å². The number of benzene rings is 1. The van der Waals surface area contributed by atoms with Gasteiger partial charge in [0.25, 0.3) is 0 Å². The van der Waals surface area contributed by atoms with Gasteiger partial charge in [-0.2, -0.15) is 0 Å². The molecule has 0 amide bonds. The summed E-state index contributed by atoms with van der Waals surface area (Å²) >= 11 is 5.92. The van der Waals surface area contributed by atoms with Gasteiger partial charge in [-0.15, -0.1) is 0 Å². The second-order valence-electron chi connectivity index (χ2n) is 4.04. The van der Waals surface area contributed by atoms with Crippen molar-refractivity contribution in [2.45, 2.75) is 19.3 Å². The fourth-order valence-corrected chi connectivity index (χ4v) is 1.48. The summed E-state index contributed by atoms with van der Waals surface area (Å²) in [4.78, 5) is 15.2. The molecule has 1 aromatic carbocycles.